The summed E-state index contributed by atoms with van der Waals surface area (Å²) in [5.41, 5.74) is 33.1. The van der Waals surface area contributed by atoms with Crippen LogP contribution in [0.4, 0.5) is 0 Å². The summed E-state index contributed by atoms with van der Waals surface area (Å²) < 4.78 is 0. The van der Waals surface area contributed by atoms with Crippen LogP contribution in [0.5, 0.6) is 0 Å². The third-order valence-corrected chi connectivity index (χ3v) is 26.8. The lowest BCUT2D eigenvalue weighted by molar-refractivity contribution is 1.07. The van der Waals surface area contributed by atoms with E-state index in [4.69, 9.17) is 49.8 Å². The van der Waals surface area contributed by atoms with Crippen molar-refractivity contribution in [2.75, 3.05) is 0 Å². The molecule has 13 heteroatoms. The van der Waals surface area contributed by atoms with E-state index in [0.29, 0.717) is 23.3 Å². The van der Waals surface area contributed by atoms with Crippen LogP contribution in [0.15, 0.2) is 516 Å². The van der Waals surface area contributed by atoms with E-state index in [1.807, 2.05) is 207 Å². The Hall–Kier alpha value is -19.9. The highest BCUT2D eigenvalue weighted by atomic mass is 15.0. The molecule has 0 atom stereocenters. The fourth-order valence-corrected chi connectivity index (χ4v) is 19.7. The molecule has 0 saturated heterocycles. The molecule has 0 unspecified atom stereocenters. The first-order valence-corrected chi connectivity index (χ1v) is 48.7. The Morgan fingerprint density at radius 1 is 0.130 bits per heavy atom. The van der Waals surface area contributed by atoms with Gasteiger partial charge in [-0.3, -0.25) is 15.0 Å². The van der Waals surface area contributed by atoms with E-state index in [9.17, 15) is 0 Å². The molecule has 13 nitrogen and oxygen atoms in total. The second-order valence-corrected chi connectivity index (χ2v) is 35.9. The summed E-state index contributed by atoms with van der Waals surface area (Å²) in [6, 6.07) is 171. The topological polar surface area (TPSA) is 168 Å². The van der Waals surface area contributed by atoms with Gasteiger partial charge in [-0.15, -0.1) is 0 Å². The molecule has 27 rings (SSSR count). The van der Waals surface area contributed by atoms with Gasteiger partial charge in [-0.1, -0.05) is 413 Å². The van der Waals surface area contributed by atoms with Crippen LogP contribution in [0.3, 0.4) is 0 Å². The van der Waals surface area contributed by atoms with Gasteiger partial charge in [0.2, 0.25) is 0 Å². The SMILES string of the molecule is c1ccc(-c2cc(-c3ccc(-c4cccc(-c5cccc6c(-c7ccccn7)nc7ccccc7c56)c4)cc3)nc(-c3ccccc3)n2)cc1.c1ccc(-c2ccc3ccc4ccc(-c5ccc(-c6cccc7c(-c8ccccn8)nc8ccccc8c67)cc5)nc4c3n2)cc1.c1ccc(-c2nc(-c3ccccc3)nc(-c3ccc(-c4cccc(-c5cccc6c(-c7ccccn7)nc7ccccc7c56)c4)cc3)n2)cc1. The average Bonchev–Trinajstić information content (AvgIpc) is 0.748. The van der Waals surface area contributed by atoms with Crippen molar-refractivity contribution < 1.29 is 0 Å². The number of fused-ring (bicyclic) bond motifs is 12. The molecule has 0 aliphatic heterocycles. The first kappa shape index (κ1) is 87.6. The molecular weight excluding hydrogens is 1780 g/mol. The molecule has 0 aliphatic carbocycles. The molecule has 146 heavy (non-hydrogen) atoms. The van der Waals surface area contributed by atoms with Gasteiger partial charge in [-0.2, -0.15) is 0 Å². The third kappa shape index (κ3) is 17.5. The second-order valence-electron chi connectivity index (χ2n) is 35.9. The smallest absolute Gasteiger partial charge is 0.164 e. The normalized spacial score (nSPS) is 11.3. The summed E-state index contributed by atoms with van der Waals surface area (Å²) in [5.74, 6) is 2.64. The standard InChI is InChI=1S/C46H30N4.C45H29N5.C42H26N4/c1-3-13-32(14-4-1)42-30-43(50-46(49-42)34-15-5-2-6-16-34)33-26-24-31(25-27-33)35-17-11-18-36(29-35)37-20-12-21-39-44(37)38-19-7-8-22-40(38)48-45(39)41-23-9-10-28-47-41;1-3-13-31(14-4-1)43-48-44(32-15-5-2-6-16-32)50-45(49-43)33-26-24-30(25-27-33)34-17-11-18-35(29-34)36-20-12-21-38-41(36)37-19-7-8-22-39(37)47-42(38)40-23-9-10-28-46-40;1-2-9-28(10-3-1)35-24-22-30-20-21-31-23-25-36(45-41(31)40(30)44-35)29-18-16-27(17-19-29)32-12-8-13-34-39(32)33-11-4-5-14-37(33)46-42(34)38-15-6-7-26-43-38/h1-30H;1-29H;1-26H. The predicted octanol–water partition coefficient (Wildman–Crippen LogP) is 33.1. The van der Waals surface area contributed by atoms with E-state index >= 15 is 0 Å². The third-order valence-electron chi connectivity index (χ3n) is 26.8. The Bertz CT molecular complexity index is 9070. The average molecular weight is 1870 g/mol. The van der Waals surface area contributed by atoms with Crippen LogP contribution < -0.4 is 0 Å². The van der Waals surface area contributed by atoms with Crippen LogP contribution in [-0.4, -0.2) is 64.8 Å². The van der Waals surface area contributed by atoms with Crippen molar-refractivity contribution in [3.05, 3.63) is 516 Å². The summed E-state index contributed by atoms with van der Waals surface area (Å²) in [6.07, 6.45) is 5.47. The molecule has 10 heterocycles. The number of rotatable bonds is 16. The molecule has 17 aromatic carbocycles. The molecule has 682 valence electrons. The van der Waals surface area contributed by atoms with Gasteiger partial charge in [-0.25, -0.2) is 49.8 Å². The number of nitrogens with zero attached hydrogens (tertiary/aromatic N) is 13. The molecular formula is C133H85N13. The number of para-hydroxylation sites is 3. The highest BCUT2D eigenvalue weighted by molar-refractivity contribution is 6.20. The number of hydrogen-bond donors (Lipinski definition) is 0. The highest BCUT2D eigenvalue weighted by Crippen LogP contribution is 2.45. The number of hydrogen-bond acceptors (Lipinski definition) is 13. The summed E-state index contributed by atoms with van der Waals surface area (Å²) in [6.45, 7) is 0. The van der Waals surface area contributed by atoms with E-state index < -0.39 is 0 Å². The Morgan fingerprint density at radius 2 is 0.390 bits per heavy atom. The van der Waals surface area contributed by atoms with Gasteiger partial charge in [0.1, 0.15) is 0 Å². The first-order valence-electron chi connectivity index (χ1n) is 48.7. The summed E-state index contributed by atoms with van der Waals surface area (Å²) in [4.78, 5) is 64.0. The molecule has 0 fully saturated rings. The largest absolute Gasteiger partial charge is 0.255 e. The minimum atomic E-state index is 0.637. The summed E-state index contributed by atoms with van der Waals surface area (Å²) in [5, 5.41) is 12.3. The van der Waals surface area contributed by atoms with Crippen molar-refractivity contribution in [1.29, 1.82) is 0 Å². The van der Waals surface area contributed by atoms with Crippen LogP contribution in [-0.2, 0) is 0 Å². The van der Waals surface area contributed by atoms with Crippen LogP contribution in [0.25, 0.3) is 267 Å². The monoisotopic (exact) mass is 1860 g/mol. The summed E-state index contributed by atoms with van der Waals surface area (Å²) in [7, 11) is 0. The zero-order valence-electron chi connectivity index (χ0n) is 78.9. The van der Waals surface area contributed by atoms with Crippen molar-refractivity contribution in [3.8, 4) is 180 Å². The van der Waals surface area contributed by atoms with Crippen LogP contribution in [0.2, 0.25) is 0 Å². The van der Waals surface area contributed by atoms with Gasteiger partial charge >= 0.3 is 0 Å². The second kappa shape index (κ2) is 39.1. The van der Waals surface area contributed by atoms with Gasteiger partial charge in [0.15, 0.2) is 23.3 Å². The maximum atomic E-state index is 5.17. The Balaban J connectivity index is 0.000000114. The van der Waals surface area contributed by atoms with E-state index in [2.05, 4.69) is 324 Å². The Labute approximate surface area is 842 Å². The summed E-state index contributed by atoms with van der Waals surface area (Å²) >= 11 is 0. The molecule has 0 aliphatic rings. The zero-order valence-corrected chi connectivity index (χ0v) is 78.9. The van der Waals surface area contributed by atoms with E-state index in [1.54, 1.807) is 0 Å². The molecule has 0 amide bonds. The van der Waals surface area contributed by atoms with E-state index in [-0.39, 0.29) is 0 Å². The zero-order chi connectivity index (χ0) is 97.0. The first-order chi connectivity index (χ1) is 72.4. The van der Waals surface area contributed by atoms with Crippen molar-refractivity contribution in [3.63, 3.8) is 0 Å². The maximum Gasteiger partial charge on any atom is 0.164 e. The van der Waals surface area contributed by atoms with Gasteiger partial charge in [0.05, 0.1) is 84.5 Å². The fourth-order valence-electron chi connectivity index (χ4n) is 19.7. The van der Waals surface area contributed by atoms with Gasteiger partial charge in [-0.05, 0) is 141 Å². The van der Waals surface area contributed by atoms with Crippen molar-refractivity contribution >= 4 is 86.8 Å². The van der Waals surface area contributed by atoms with Crippen LogP contribution >= 0.6 is 0 Å². The number of aromatic nitrogens is 13. The molecule has 0 saturated carbocycles. The molecule has 0 N–H and O–H groups in total. The number of benzene rings is 17. The minimum absolute atomic E-state index is 0.637. The molecule has 0 spiro atoms. The Kier molecular flexibility index (Phi) is 23.4. The van der Waals surface area contributed by atoms with E-state index in [1.165, 1.54) is 21.7 Å². The molecule has 0 bridgehead atoms. The molecule has 10 aromatic heterocycles. The van der Waals surface area contributed by atoms with Crippen molar-refractivity contribution in [1.82, 2.24) is 64.8 Å². The van der Waals surface area contributed by atoms with Gasteiger partial charge < -0.3 is 0 Å². The van der Waals surface area contributed by atoms with E-state index in [0.717, 1.165) is 222 Å². The quantitative estimate of drug-likeness (QED) is 0.0839. The molecule has 27 aromatic rings. The van der Waals surface area contributed by atoms with Crippen molar-refractivity contribution in [2.24, 2.45) is 0 Å². The van der Waals surface area contributed by atoms with Gasteiger partial charge in [0, 0.05) is 122 Å². The van der Waals surface area contributed by atoms with Gasteiger partial charge in [0.25, 0.3) is 0 Å². The molecule has 0 radical (unpaired) electrons. The maximum absolute atomic E-state index is 5.17. The van der Waals surface area contributed by atoms with Crippen molar-refractivity contribution in [2.45, 2.75) is 0 Å². The lowest BCUT2D eigenvalue weighted by Crippen LogP contribution is -2.00. The predicted molar refractivity (Wildman–Crippen MR) is 598 cm³/mol. The minimum Gasteiger partial charge on any atom is -0.255 e. The lowest BCUT2D eigenvalue weighted by Gasteiger charge is -2.14. The van der Waals surface area contributed by atoms with Crippen LogP contribution in [0, 0.1) is 0 Å². The lowest BCUT2D eigenvalue weighted by atomic mass is 9.92. The number of pyridine rings is 8. The fraction of sp³-hybridized carbons (Fsp3) is 0. The Morgan fingerprint density at radius 3 is 0.760 bits per heavy atom. The van der Waals surface area contributed by atoms with Crippen LogP contribution in [0.1, 0.15) is 0 Å². The highest BCUT2D eigenvalue weighted by Gasteiger charge is 2.23.